The number of nitrogens with zero attached hydrogens (tertiary/aromatic N) is 3. The van der Waals surface area contributed by atoms with Gasteiger partial charge in [0.15, 0.2) is 0 Å². The normalized spacial score (nSPS) is 15.4. The van der Waals surface area contributed by atoms with Crippen LogP contribution in [0, 0.1) is 18.8 Å². The molecular weight excluding hydrogens is 446 g/mol. The Kier molecular flexibility index (Phi) is 6.58. The van der Waals surface area contributed by atoms with E-state index in [1.165, 1.54) is 4.90 Å². The quantitative estimate of drug-likeness (QED) is 0.499. The van der Waals surface area contributed by atoms with Gasteiger partial charge in [0, 0.05) is 19.0 Å². The van der Waals surface area contributed by atoms with Crippen LogP contribution < -0.4 is 15.0 Å². The SMILES string of the molecule is Cc1cccc(Cc2nc(C(=O)NC3COc4ccc(C#CC(C)(C)O)cc4N(C)C3=O)n[nH]2)c1. The number of benzene rings is 2. The predicted molar refractivity (Wildman–Crippen MR) is 130 cm³/mol. The molecular formula is C26H27N5O4. The summed E-state index contributed by atoms with van der Waals surface area (Å²) in [5.74, 6) is 5.71. The van der Waals surface area contributed by atoms with Gasteiger partial charge < -0.3 is 20.1 Å². The highest BCUT2D eigenvalue weighted by Gasteiger charge is 2.31. The van der Waals surface area contributed by atoms with Crippen molar-refractivity contribution in [2.45, 2.75) is 38.8 Å². The smallest absolute Gasteiger partial charge is 0.291 e. The zero-order valence-corrected chi connectivity index (χ0v) is 20.0. The summed E-state index contributed by atoms with van der Waals surface area (Å²) in [6, 6.07) is 12.2. The molecule has 2 aromatic carbocycles. The molecule has 1 unspecified atom stereocenters. The Labute approximate surface area is 203 Å². The molecule has 1 aromatic heterocycles. The summed E-state index contributed by atoms with van der Waals surface area (Å²) < 4.78 is 5.81. The molecule has 2 heterocycles. The summed E-state index contributed by atoms with van der Waals surface area (Å²) in [5.41, 5.74) is 2.19. The van der Waals surface area contributed by atoms with Crippen LogP contribution in [-0.4, -0.2) is 57.4 Å². The van der Waals surface area contributed by atoms with Crippen LogP contribution in [0.1, 0.15) is 47.0 Å². The molecule has 0 fully saturated rings. The number of ether oxygens (including phenoxy) is 1. The molecule has 3 N–H and O–H groups in total. The third-order valence-corrected chi connectivity index (χ3v) is 5.36. The predicted octanol–water partition coefficient (Wildman–Crippen LogP) is 1.98. The van der Waals surface area contributed by atoms with Gasteiger partial charge in [0.2, 0.25) is 5.82 Å². The number of fused-ring (bicyclic) bond motifs is 1. The van der Waals surface area contributed by atoms with Crippen molar-refractivity contribution in [2.75, 3.05) is 18.6 Å². The number of likely N-dealkylation sites (N-methyl/N-ethyl adjacent to an activating group) is 1. The molecule has 1 aliphatic rings. The Morgan fingerprint density at radius 3 is 2.86 bits per heavy atom. The minimum atomic E-state index is -1.14. The second kappa shape index (κ2) is 9.60. The average Bonchev–Trinajstić information content (AvgIpc) is 3.23. The number of H-pyrrole nitrogens is 1. The maximum Gasteiger partial charge on any atom is 0.291 e. The van der Waals surface area contributed by atoms with E-state index in [-0.39, 0.29) is 18.3 Å². The second-order valence-corrected chi connectivity index (χ2v) is 9.00. The Balaban J connectivity index is 1.45. The zero-order valence-electron chi connectivity index (χ0n) is 20.0. The van der Waals surface area contributed by atoms with Crippen molar-refractivity contribution in [3.63, 3.8) is 0 Å². The largest absolute Gasteiger partial charge is 0.489 e. The number of aromatic nitrogens is 3. The number of hydrogen-bond donors (Lipinski definition) is 3. The molecule has 0 saturated carbocycles. The van der Waals surface area contributed by atoms with Crippen LogP contribution in [0.4, 0.5) is 5.69 Å². The third-order valence-electron chi connectivity index (χ3n) is 5.36. The Morgan fingerprint density at radius 2 is 2.11 bits per heavy atom. The molecule has 4 rings (SSSR count). The van der Waals surface area contributed by atoms with E-state index in [0.29, 0.717) is 29.2 Å². The van der Waals surface area contributed by atoms with Crippen molar-refractivity contribution in [1.82, 2.24) is 20.5 Å². The second-order valence-electron chi connectivity index (χ2n) is 9.00. The number of nitrogens with one attached hydrogen (secondary N) is 2. The minimum absolute atomic E-state index is 0.0445. The summed E-state index contributed by atoms with van der Waals surface area (Å²) in [7, 11) is 1.61. The Bertz CT molecular complexity index is 1330. The van der Waals surface area contributed by atoms with Crippen molar-refractivity contribution in [3.8, 4) is 17.6 Å². The number of aromatic amines is 1. The van der Waals surface area contributed by atoms with Gasteiger partial charge in [-0.1, -0.05) is 41.7 Å². The van der Waals surface area contributed by atoms with Gasteiger partial charge in [-0.2, -0.15) is 0 Å². The molecule has 9 nitrogen and oxygen atoms in total. The first-order chi connectivity index (χ1) is 16.6. The van der Waals surface area contributed by atoms with Crippen LogP contribution >= 0.6 is 0 Å². The molecule has 2 amide bonds. The lowest BCUT2D eigenvalue weighted by Gasteiger charge is -2.20. The summed E-state index contributed by atoms with van der Waals surface area (Å²) in [5, 5.41) is 19.3. The first-order valence-corrected chi connectivity index (χ1v) is 11.2. The molecule has 0 spiro atoms. The first kappa shape index (κ1) is 24.0. The lowest BCUT2D eigenvalue weighted by molar-refractivity contribution is -0.120. The standard InChI is InChI=1S/C26H27N5O4/c1-16-6-5-7-18(12-16)14-22-28-23(30-29-22)24(32)27-19-15-35-21-9-8-17(10-11-26(2,3)34)13-20(21)31(4)25(19)33/h5-9,12-13,19,34H,14-15H2,1-4H3,(H,27,32)(H,28,29,30). The van der Waals surface area contributed by atoms with Gasteiger partial charge in [-0.3, -0.25) is 14.7 Å². The third kappa shape index (κ3) is 5.86. The summed E-state index contributed by atoms with van der Waals surface area (Å²) in [6.07, 6.45) is 0.504. The Morgan fingerprint density at radius 1 is 1.31 bits per heavy atom. The first-order valence-electron chi connectivity index (χ1n) is 11.2. The monoisotopic (exact) mass is 473 g/mol. The van der Waals surface area contributed by atoms with E-state index >= 15 is 0 Å². The van der Waals surface area contributed by atoms with Gasteiger partial charge in [0.25, 0.3) is 11.8 Å². The highest BCUT2D eigenvalue weighted by Crippen LogP contribution is 2.31. The lowest BCUT2D eigenvalue weighted by Crippen LogP contribution is -2.49. The van der Waals surface area contributed by atoms with E-state index < -0.39 is 17.6 Å². The van der Waals surface area contributed by atoms with Gasteiger partial charge in [-0.05, 0) is 44.5 Å². The highest BCUT2D eigenvalue weighted by molar-refractivity contribution is 6.02. The van der Waals surface area contributed by atoms with Crippen molar-refractivity contribution in [2.24, 2.45) is 0 Å². The average molecular weight is 474 g/mol. The van der Waals surface area contributed by atoms with Gasteiger partial charge in [-0.25, -0.2) is 4.98 Å². The number of anilines is 1. The lowest BCUT2D eigenvalue weighted by atomic mass is 10.1. The van der Waals surface area contributed by atoms with E-state index in [9.17, 15) is 14.7 Å². The maximum atomic E-state index is 13.1. The molecule has 1 atom stereocenters. The molecule has 0 radical (unpaired) electrons. The van der Waals surface area contributed by atoms with Gasteiger partial charge >= 0.3 is 0 Å². The minimum Gasteiger partial charge on any atom is -0.489 e. The summed E-state index contributed by atoms with van der Waals surface area (Å²) >= 11 is 0. The zero-order chi connectivity index (χ0) is 25.2. The van der Waals surface area contributed by atoms with Crippen molar-refractivity contribution < 1.29 is 19.4 Å². The van der Waals surface area contributed by atoms with Gasteiger partial charge in [0.1, 0.15) is 29.8 Å². The maximum absolute atomic E-state index is 13.1. The van der Waals surface area contributed by atoms with Crippen molar-refractivity contribution >= 4 is 17.5 Å². The number of rotatable bonds is 4. The molecule has 9 heteroatoms. The van der Waals surface area contributed by atoms with Crippen molar-refractivity contribution in [1.29, 1.82) is 0 Å². The molecule has 1 aliphatic heterocycles. The van der Waals surface area contributed by atoms with Crippen molar-refractivity contribution in [3.05, 3.63) is 70.8 Å². The molecule has 180 valence electrons. The molecule has 0 bridgehead atoms. The fourth-order valence-electron chi connectivity index (χ4n) is 3.62. The van der Waals surface area contributed by atoms with Crippen LogP contribution in [-0.2, 0) is 11.2 Å². The number of hydrogen-bond acceptors (Lipinski definition) is 6. The highest BCUT2D eigenvalue weighted by atomic mass is 16.5. The van der Waals surface area contributed by atoms with Crippen LogP contribution in [0.25, 0.3) is 0 Å². The van der Waals surface area contributed by atoms with Crippen LogP contribution in [0.15, 0.2) is 42.5 Å². The van der Waals surface area contributed by atoms with E-state index in [0.717, 1.165) is 11.1 Å². The van der Waals surface area contributed by atoms with Crippen LogP contribution in [0.3, 0.4) is 0 Å². The number of aliphatic hydroxyl groups is 1. The van der Waals surface area contributed by atoms with Crippen LogP contribution in [0.5, 0.6) is 5.75 Å². The van der Waals surface area contributed by atoms with Crippen LogP contribution in [0.2, 0.25) is 0 Å². The van der Waals surface area contributed by atoms with E-state index in [2.05, 4.69) is 32.3 Å². The fourth-order valence-corrected chi connectivity index (χ4v) is 3.62. The molecule has 3 aromatic rings. The molecule has 35 heavy (non-hydrogen) atoms. The number of amides is 2. The number of carbonyl (C=O) groups excluding carboxylic acids is 2. The number of aryl methyl sites for hydroxylation is 1. The Hall–Kier alpha value is -4.16. The van der Waals surface area contributed by atoms with Gasteiger partial charge in [0.05, 0.1) is 5.69 Å². The molecule has 0 aliphatic carbocycles. The van der Waals surface area contributed by atoms with E-state index in [4.69, 9.17) is 4.74 Å². The number of carbonyl (C=O) groups is 2. The fraction of sp³-hybridized carbons (Fsp3) is 0.308. The summed E-state index contributed by atoms with van der Waals surface area (Å²) in [6.45, 7) is 5.15. The van der Waals surface area contributed by atoms with E-state index in [1.807, 2.05) is 31.2 Å². The van der Waals surface area contributed by atoms with E-state index in [1.54, 1.807) is 39.1 Å². The topological polar surface area (TPSA) is 120 Å². The molecule has 0 saturated heterocycles. The van der Waals surface area contributed by atoms with Gasteiger partial charge in [-0.15, -0.1) is 5.10 Å². The summed E-state index contributed by atoms with van der Waals surface area (Å²) in [4.78, 5) is 31.6.